The highest BCUT2D eigenvalue weighted by molar-refractivity contribution is 14.0. The lowest BCUT2D eigenvalue weighted by molar-refractivity contribution is -0.138. The van der Waals surface area contributed by atoms with Crippen LogP contribution in [0.3, 0.4) is 0 Å². The third-order valence-electron chi connectivity index (χ3n) is 4.92. The monoisotopic (exact) mass is 553 g/mol. The van der Waals surface area contributed by atoms with Gasteiger partial charge in [-0.3, -0.25) is 4.99 Å². The average molecular weight is 553 g/mol. The van der Waals surface area contributed by atoms with E-state index in [4.69, 9.17) is 9.15 Å². The third kappa shape index (κ3) is 6.73. The molecule has 0 unspecified atom stereocenters. The molecule has 0 bridgehead atoms. The maximum absolute atomic E-state index is 13.7. The second-order valence-corrected chi connectivity index (χ2v) is 6.97. The number of oxazole rings is 1. The Morgan fingerprint density at radius 3 is 2.42 bits per heavy atom. The minimum atomic E-state index is -4.45. The van der Waals surface area contributed by atoms with Gasteiger partial charge in [0.25, 0.3) is 0 Å². The van der Waals surface area contributed by atoms with E-state index in [0.717, 1.165) is 11.5 Å². The molecule has 0 radical (unpaired) electrons. The number of halogens is 4. The van der Waals surface area contributed by atoms with E-state index in [-0.39, 0.29) is 42.6 Å². The Kier molecular flexibility index (Phi) is 8.98. The molecular weight excluding hydrogens is 526 g/mol. The van der Waals surface area contributed by atoms with E-state index in [2.05, 4.69) is 20.6 Å². The lowest BCUT2D eigenvalue weighted by Crippen LogP contribution is -2.37. The molecule has 3 rings (SSSR count). The third-order valence-corrected chi connectivity index (χ3v) is 4.92. The van der Waals surface area contributed by atoms with E-state index in [1.807, 2.05) is 18.7 Å². The standard InChI is InChI=1S/C20H26F3N5O2.HI/c1-13-14(2)30-18(27-13)12-26-19(24-3)25-11-15-4-5-16(10-17(15)20(21,22)23)28-6-8-29-9-7-28;/h4-5,10H,6-9,11-12H2,1-3H3,(H2,24,25,26);1H. The van der Waals surface area contributed by atoms with Crippen molar-refractivity contribution >= 4 is 35.6 Å². The van der Waals surface area contributed by atoms with Crippen molar-refractivity contribution in [2.45, 2.75) is 33.1 Å². The van der Waals surface area contributed by atoms with E-state index in [0.29, 0.717) is 43.8 Å². The van der Waals surface area contributed by atoms with E-state index in [9.17, 15) is 13.2 Å². The smallest absolute Gasteiger partial charge is 0.416 e. The van der Waals surface area contributed by atoms with Gasteiger partial charge in [0.1, 0.15) is 5.76 Å². The number of guanidine groups is 1. The molecule has 1 aliphatic rings. The molecule has 11 heteroatoms. The number of morpholine rings is 1. The number of alkyl halides is 3. The first kappa shape index (κ1) is 25.2. The van der Waals surface area contributed by atoms with Crippen LogP contribution < -0.4 is 15.5 Å². The maximum Gasteiger partial charge on any atom is 0.416 e. The average Bonchev–Trinajstić information content (AvgIpc) is 3.05. The molecule has 0 spiro atoms. The van der Waals surface area contributed by atoms with E-state index >= 15 is 0 Å². The highest BCUT2D eigenvalue weighted by Gasteiger charge is 2.34. The summed E-state index contributed by atoms with van der Waals surface area (Å²) in [5, 5.41) is 5.92. The van der Waals surface area contributed by atoms with Gasteiger partial charge in [0.2, 0.25) is 5.89 Å². The van der Waals surface area contributed by atoms with Gasteiger partial charge in [-0.2, -0.15) is 13.2 Å². The van der Waals surface area contributed by atoms with Gasteiger partial charge in [-0.15, -0.1) is 24.0 Å². The van der Waals surface area contributed by atoms with Crippen molar-refractivity contribution in [3.05, 3.63) is 46.7 Å². The van der Waals surface area contributed by atoms with Crippen LogP contribution in [-0.4, -0.2) is 44.3 Å². The SMILES string of the molecule is CN=C(NCc1nc(C)c(C)o1)NCc1ccc(N2CCOCC2)cc1C(F)(F)F.I. The van der Waals surface area contributed by atoms with Crippen molar-refractivity contribution in [1.82, 2.24) is 15.6 Å². The zero-order valence-electron chi connectivity index (χ0n) is 17.7. The van der Waals surface area contributed by atoms with Gasteiger partial charge in [-0.25, -0.2) is 4.98 Å². The molecule has 2 aromatic rings. The first-order valence-corrected chi connectivity index (χ1v) is 9.68. The van der Waals surface area contributed by atoms with Gasteiger partial charge in [0, 0.05) is 32.4 Å². The number of hydrogen-bond acceptors (Lipinski definition) is 5. The Morgan fingerprint density at radius 2 is 1.84 bits per heavy atom. The zero-order chi connectivity index (χ0) is 21.7. The van der Waals surface area contributed by atoms with Crippen LogP contribution in [0.1, 0.15) is 28.5 Å². The van der Waals surface area contributed by atoms with Crippen LogP contribution in [0.4, 0.5) is 18.9 Å². The summed E-state index contributed by atoms with van der Waals surface area (Å²) >= 11 is 0. The van der Waals surface area contributed by atoms with Crippen molar-refractivity contribution in [3.8, 4) is 0 Å². The minimum absolute atomic E-state index is 0. The topological polar surface area (TPSA) is 74.9 Å². The van der Waals surface area contributed by atoms with E-state index in [1.54, 1.807) is 13.1 Å². The fraction of sp³-hybridized carbons (Fsp3) is 0.500. The molecule has 0 aliphatic carbocycles. The van der Waals surface area contributed by atoms with Crippen LogP contribution in [0.15, 0.2) is 27.6 Å². The summed E-state index contributed by atoms with van der Waals surface area (Å²) in [6, 6.07) is 4.43. The molecule has 1 aliphatic heterocycles. The molecule has 1 saturated heterocycles. The molecule has 0 atom stereocenters. The second-order valence-electron chi connectivity index (χ2n) is 6.97. The Bertz CT molecular complexity index is 876. The van der Waals surface area contributed by atoms with Gasteiger partial charge >= 0.3 is 6.18 Å². The maximum atomic E-state index is 13.7. The van der Waals surface area contributed by atoms with Crippen LogP contribution in [-0.2, 0) is 24.0 Å². The minimum Gasteiger partial charge on any atom is -0.444 e. The molecule has 2 N–H and O–H groups in total. The Labute approximate surface area is 196 Å². The van der Waals surface area contributed by atoms with Crippen molar-refractivity contribution < 1.29 is 22.3 Å². The van der Waals surface area contributed by atoms with Gasteiger partial charge in [-0.1, -0.05) is 6.07 Å². The number of benzene rings is 1. The predicted octanol–water partition coefficient (Wildman–Crippen LogP) is 3.63. The van der Waals surface area contributed by atoms with Crippen molar-refractivity contribution in [3.63, 3.8) is 0 Å². The van der Waals surface area contributed by atoms with Crippen LogP contribution >= 0.6 is 24.0 Å². The molecule has 0 amide bonds. The van der Waals surface area contributed by atoms with Crippen molar-refractivity contribution in [2.75, 3.05) is 38.3 Å². The van der Waals surface area contributed by atoms with Crippen LogP contribution in [0, 0.1) is 13.8 Å². The zero-order valence-corrected chi connectivity index (χ0v) is 20.0. The quantitative estimate of drug-likeness (QED) is 0.335. The molecule has 31 heavy (non-hydrogen) atoms. The van der Waals surface area contributed by atoms with Gasteiger partial charge in [0.05, 0.1) is 31.0 Å². The number of nitrogens with zero attached hydrogens (tertiary/aromatic N) is 3. The predicted molar refractivity (Wildman–Crippen MR) is 123 cm³/mol. The number of ether oxygens (including phenoxy) is 1. The van der Waals surface area contributed by atoms with Gasteiger partial charge < -0.3 is 24.7 Å². The molecule has 0 saturated carbocycles. The van der Waals surface area contributed by atoms with Crippen LogP contribution in [0.2, 0.25) is 0 Å². The Balaban J connectivity index is 0.00000341. The Hall–Kier alpha value is -2.02. The number of nitrogens with one attached hydrogen (secondary N) is 2. The normalized spacial score (nSPS) is 14.9. The Morgan fingerprint density at radius 1 is 1.16 bits per heavy atom. The number of aliphatic imine (C=N–C) groups is 1. The summed E-state index contributed by atoms with van der Waals surface area (Å²) in [6.45, 7) is 6.08. The summed E-state index contributed by atoms with van der Waals surface area (Å²) in [5.41, 5.74) is 0.829. The highest BCUT2D eigenvalue weighted by atomic mass is 127. The number of hydrogen-bond donors (Lipinski definition) is 2. The van der Waals surface area contributed by atoms with Crippen molar-refractivity contribution in [1.29, 1.82) is 0 Å². The van der Waals surface area contributed by atoms with Gasteiger partial charge in [-0.05, 0) is 31.5 Å². The highest BCUT2D eigenvalue weighted by Crippen LogP contribution is 2.35. The fourth-order valence-corrected chi connectivity index (χ4v) is 3.17. The number of aromatic nitrogens is 1. The molecule has 2 heterocycles. The number of aryl methyl sites for hydroxylation is 2. The number of rotatable bonds is 5. The molecule has 172 valence electrons. The summed E-state index contributed by atoms with van der Waals surface area (Å²) in [7, 11) is 1.55. The first-order chi connectivity index (χ1) is 14.3. The molecule has 7 nitrogen and oxygen atoms in total. The lowest BCUT2D eigenvalue weighted by Gasteiger charge is -2.29. The molecule has 1 fully saturated rings. The summed E-state index contributed by atoms with van der Waals surface area (Å²) in [4.78, 5) is 10.2. The summed E-state index contributed by atoms with van der Waals surface area (Å²) < 4.78 is 51.8. The second kappa shape index (κ2) is 11.0. The van der Waals surface area contributed by atoms with Gasteiger partial charge in [0.15, 0.2) is 5.96 Å². The first-order valence-electron chi connectivity index (χ1n) is 9.68. The summed E-state index contributed by atoms with van der Waals surface area (Å²) in [5.74, 6) is 1.57. The molecule has 1 aromatic carbocycles. The van der Waals surface area contributed by atoms with E-state index < -0.39 is 11.7 Å². The lowest BCUT2D eigenvalue weighted by atomic mass is 10.0. The largest absolute Gasteiger partial charge is 0.444 e. The van der Waals surface area contributed by atoms with Crippen LogP contribution in [0.5, 0.6) is 0 Å². The van der Waals surface area contributed by atoms with Crippen molar-refractivity contribution in [2.24, 2.45) is 4.99 Å². The molecule has 1 aromatic heterocycles. The fourth-order valence-electron chi connectivity index (χ4n) is 3.17. The number of anilines is 1. The molecular formula is C20H27F3IN5O2. The van der Waals surface area contributed by atoms with E-state index in [1.165, 1.54) is 12.1 Å². The summed E-state index contributed by atoms with van der Waals surface area (Å²) in [6.07, 6.45) is -4.45. The van der Waals surface area contributed by atoms with Crippen LogP contribution in [0.25, 0.3) is 0 Å².